The fraction of sp³-hybridized carbons (Fsp3) is 0.278. The van der Waals surface area contributed by atoms with Crippen LogP contribution in [-0.2, 0) is 4.79 Å². The molecule has 2 unspecified atom stereocenters. The Kier molecular flexibility index (Phi) is 4.02. The molecule has 21 heavy (non-hydrogen) atoms. The average Bonchev–Trinajstić information content (AvgIpc) is 2.95. The third kappa shape index (κ3) is 3.31. The number of benzene rings is 2. The molecule has 1 fully saturated rings. The molecule has 0 spiro atoms. The number of rotatable bonds is 3. The number of carbonyl (C=O) groups is 1. The van der Waals surface area contributed by atoms with E-state index < -0.39 is 0 Å². The number of anilines is 1. The summed E-state index contributed by atoms with van der Waals surface area (Å²) in [6.07, 6.45) is 2.64. The molecule has 2 aromatic rings. The van der Waals surface area contributed by atoms with Crippen molar-refractivity contribution in [3.63, 3.8) is 0 Å². The molecule has 1 amide bonds. The zero-order valence-corrected chi connectivity index (χ0v) is 12.0. The second-order valence-electron chi connectivity index (χ2n) is 5.71. The summed E-state index contributed by atoms with van der Waals surface area (Å²) in [5, 5.41) is 3.02. The van der Waals surface area contributed by atoms with E-state index in [0.29, 0.717) is 0 Å². The normalized spacial score (nSPS) is 21.2. The van der Waals surface area contributed by atoms with Gasteiger partial charge in [-0.2, -0.15) is 0 Å². The second-order valence-corrected chi connectivity index (χ2v) is 5.71. The van der Waals surface area contributed by atoms with Gasteiger partial charge >= 0.3 is 0 Å². The Morgan fingerprint density at radius 1 is 1.00 bits per heavy atom. The monoisotopic (exact) mass is 280 g/mol. The van der Waals surface area contributed by atoms with Crippen molar-refractivity contribution in [2.45, 2.75) is 25.3 Å². The van der Waals surface area contributed by atoms with Crippen molar-refractivity contribution in [1.82, 2.24) is 0 Å². The van der Waals surface area contributed by atoms with Gasteiger partial charge in [0.2, 0.25) is 5.91 Å². The molecular formula is C18H20N2O. The Morgan fingerprint density at radius 3 is 2.48 bits per heavy atom. The molecule has 0 heterocycles. The summed E-state index contributed by atoms with van der Waals surface area (Å²) in [4.78, 5) is 12.2. The molecule has 3 heteroatoms. The maximum atomic E-state index is 12.2. The van der Waals surface area contributed by atoms with E-state index in [9.17, 15) is 4.79 Å². The lowest BCUT2D eigenvalue weighted by molar-refractivity contribution is -0.119. The highest BCUT2D eigenvalue weighted by Crippen LogP contribution is 2.27. The summed E-state index contributed by atoms with van der Waals surface area (Å²) >= 11 is 0. The topological polar surface area (TPSA) is 55.1 Å². The molecule has 108 valence electrons. The summed E-state index contributed by atoms with van der Waals surface area (Å²) in [6.45, 7) is 0. The highest BCUT2D eigenvalue weighted by molar-refractivity contribution is 5.93. The van der Waals surface area contributed by atoms with Crippen LogP contribution in [0.2, 0.25) is 0 Å². The SMILES string of the molecule is NC1CCC(C(=O)Nc2cccc(-c3ccccc3)c2)C1. The molecule has 2 aromatic carbocycles. The summed E-state index contributed by atoms with van der Waals surface area (Å²) in [7, 11) is 0. The minimum absolute atomic E-state index is 0.0559. The van der Waals surface area contributed by atoms with Crippen LogP contribution in [0, 0.1) is 5.92 Å². The standard InChI is InChI=1S/C18H20N2O/c19-16-10-9-15(11-16)18(21)20-17-8-4-7-14(12-17)13-5-2-1-3-6-13/h1-8,12,15-16H,9-11,19H2,(H,20,21). The van der Waals surface area contributed by atoms with Crippen molar-refractivity contribution in [1.29, 1.82) is 0 Å². The first-order valence-corrected chi connectivity index (χ1v) is 7.44. The maximum Gasteiger partial charge on any atom is 0.227 e. The van der Waals surface area contributed by atoms with Crippen molar-refractivity contribution in [3.8, 4) is 11.1 Å². The average molecular weight is 280 g/mol. The summed E-state index contributed by atoms with van der Waals surface area (Å²) in [5.74, 6) is 0.147. The Balaban J connectivity index is 1.73. The fourth-order valence-corrected chi connectivity index (χ4v) is 2.91. The molecule has 0 radical (unpaired) electrons. The van der Waals surface area contributed by atoms with Gasteiger partial charge in [-0.05, 0) is 42.5 Å². The van der Waals surface area contributed by atoms with Crippen LogP contribution < -0.4 is 11.1 Å². The van der Waals surface area contributed by atoms with Crippen molar-refractivity contribution >= 4 is 11.6 Å². The lowest BCUT2D eigenvalue weighted by Crippen LogP contribution is -2.23. The first kappa shape index (κ1) is 13.8. The van der Waals surface area contributed by atoms with Crippen LogP contribution in [0.25, 0.3) is 11.1 Å². The second kappa shape index (κ2) is 6.10. The quantitative estimate of drug-likeness (QED) is 0.905. The third-order valence-corrected chi connectivity index (χ3v) is 4.08. The number of nitrogens with two attached hydrogens (primary N) is 1. The van der Waals surface area contributed by atoms with E-state index >= 15 is 0 Å². The smallest absolute Gasteiger partial charge is 0.227 e. The van der Waals surface area contributed by atoms with Crippen LogP contribution >= 0.6 is 0 Å². The predicted molar refractivity (Wildman–Crippen MR) is 85.8 cm³/mol. The number of hydrogen-bond acceptors (Lipinski definition) is 2. The van der Waals surface area contributed by atoms with Gasteiger partial charge < -0.3 is 11.1 Å². The van der Waals surface area contributed by atoms with E-state index in [4.69, 9.17) is 5.73 Å². The maximum absolute atomic E-state index is 12.2. The molecule has 1 aliphatic rings. The van der Waals surface area contributed by atoms with Crippen molar-refractivity contribution in [2.75, 3.05) is 5.32 Å². The molecule has 0 aromatic heterocycles. The van der Waals surface area contributed by atoms with Crippen molar-refractivity contribution in [2.24, 2.45) is 11.7 Å². The van der Waals surface area contributed by atoms with E-state index in [1.165, 1.54) is 0 Å². The van der Waals surface area contributed by atoms with Gasteiger partial charge in [0.25, 0.3) is 0 Å². The van der Waals surface area contributed by atoms with Gasteiger partial charge in [0.1, 0.15) is 0 Å². The number of amides is 1. The Hall–Kier alpha value is -2.13. The van der Waals surface area contributed by atoms with E-state index in [-0.39, 0.29) is 17.9 Å². The van der Waals surface area contributed by atoms with Gasteiger partial charge in [0.05, 0.1) is 0 Å². The van der Waals surface area contributed by atoms with Crippen LogP contribution in [-0.4, -0.2) is 11.9 Å². The Labute approximate surface area is 125 Å². The zero-order valence-electron chi connectivity index (χ0n) is 12.0. The number of hydrogen-bond donors (Lipinski definition) is 2. The van der Waals surface area contributed by atoms with Crippen LogP contribution in [0.1, 0.15) is 19.3 Å². The van der Waals surface area contributed by atoms with Crippen LogP contribution in [0.5, 0.6) is 0 Å². The molecule has 3 rings (SSSR count). The van der Waals surface area contributed by atoms with E-state index in [2.05, 4.69) is 23.5 Å². The highest BCUT2D eigenvalue weighted by Gasteiger charge is 2.27. The molecule has 0 aliphatic heterocycles. The van der Waals surface area contributed by atoms with Gasteiger partial charge in [-0.25, -0.2) is 0 Å². The molecule has 1 saturated carbocycles. The van der Waals surface area contributed by atoms with Gasteiger partial charge in [0.15, 0.2) is 0 Å². The Morgan fingerprint density at radius 2 is 1.76 bits per heavy atom. The van der Waals surface area contributed by atoms with E-state index in [0.717, 1.165) is 36.1 Å². The lowest BCUT2D eigenvalue weighted by atomic mass is 10.0. The fourth-order valence-electron chi connectivity index (χ4n) is 2.91. The molecule has 1 aliphatic carbocycles. The van der Waals surface area contributed by atoms with Gasteiger partial charge in [-0.15, -0.1) is 0 Å². The Bertz CT molecular complexity index is 624. The largest absolute Gasteiger partial charge is 0.328 e. The van der Waals surface area contributed by atoms with Crippen LogP contribution in [0.15, 0.2) is 54.6 Å². The van der Waals surface area contributed by atoms with E-state index in [1.54, 1.807) is 0 Å². The first-order valence-electron chi connectivity index (χ1n) is 7.44. The van der Waals surface area contributed by atoms with Crippen molar-refractivity contribution < 1.29 is 4.79 Å². The van der Waals surface area contributed by atoms with E-state index in [1.807, 2.05) is 36.4 Å². The minimum Gasteiger partial charge on any atom is -0.328 e. The van der Waals surface area contributed by atoms with Crippen LogP contribution in [0.3, 0.4) is 0 Å². The van der Waals surface area contributed by atoms with Gasteiger partial charge in [-0.3, -0.25) is 4.79 Å². The third-order valence-electron chi connectivity index (χ3n) is 4.08. The molecule has 0 saturated heterocycles. The van der Waals surface area contributed by atoms with Gasteiger partial charge in [-0.1, -0.05) is 42.5 Å². The molecule has 2 atom stereocenters. The van der Waals surface area contributed by atoms with Crippen molar-refractivity contribution in [3.05, 3.63) is 54.6 Å². The first-order chi connectivity index (χ1) is 10.2. The molecular weight excluding hydrogens is 260 g/mol. The summed E-state index contributed by atoms with van der Waals surface area (Å²) in [5.41, 5.74) is 8.98. The highest BCUT2D eigenvalue weighted by atomic mass is 16.1. The molecule has 3 nitrogen and oxygen atoms in total. The lowest BCUT2D eigenvalue weighted by Gasteiger charge is -2.12. The van der Waals surface area contributed by atoms with Crippen LogP contribution in [0.4, 0.5) is 5.69 Å². The summed E-state index contributed by atoms with van der Waals surface area (Å²) in [6, 6.07) is 18.3. The van der Waals surface area contributed by atoms with Gasteiger partial charge in [0, 0.05) is 17.6 Å². The molecule has 0 bridgehead atoms. The predicted octanol–water partition coefficient (Wildman–Crippen LogP) is 3.42. The zero-order chi connectivity index (χ0) is 14.7. The number of nitrogens with one attached hydrogen (secondary N) is 1. The molecule has 3 N–H and O–H groups in total. The minimum atomic E-state index is 0.0559. The summed E-state index contributed by atoms with van der Waals surface area (Å²) < 4.78 is 0. The number of carbonyl (C=O) groups excluding carboxylic acids is 1.